The molecule has 0 spiro atoms. The van der Waals surface area contributed by atoms with Gasteiger partial charge in [-0.2, -0.15) is 5.26 Å². The zero-order valence-corrected chi connectivity index (χ0v) is 11.7. The molecule has 1 saturated heterocycles. The molecule has 1 aliphatic carbocycles. The third-order valence-electron chi connectivity index (χ3n) is 4.77. The summed E-state index contributed by atoms with van der Waals surface area (Å²) in [6.45, 7) is 0.889. The zero-order chi connectivity index (χ0) is 13.9. The summed E-state index contributed by atoms with van der Waals surface area (Å²) in [5, 5.41) is 8.82. The second kappa shape index (κ2) is 5.66. The molecule has 0 aromatic heterocycles. The van der Waals surface area contributed by atoms with E-state index in [1.807, 2.05) is 0 Å². The van der Waals surface area contributed by atoms with E-state index in [1.54, 1.807) is 24.3 Å². The van der Waals surface area contributed by atoms with Crippen molar-refractivity contribution in [1.29, 1.82) is 5.26 Å². The molecule has 1 saturated carbocycles. The van der Waals surface area contributed by atoms with Crippen LogP contribution in [0.25, 0.3) is 0 Å². The Morgan fingerprint density at radius 3 is 2.55 bits per heavy atom. The molecule has 1 aromatic rings. The van der Waals surface area contributed by atoms with E-state index in [2.05, 4.69) is 11.0 Å². The van der Waals surface area contributed by atoms with Gasteiger partial charge in [0.2, 0.25) is 0 Å². The fourth-order valence-electron chi connectivity index (χ4n) is 3.73. The predicted molar refractivity (Wildman–Crippen MR) is 77.2 cm³/mol. The van der Waals surface area contributed by atoms with Crippen molar-refractivity contribution in [3.05, 3.63) is 35.4 Å². The van der Waals surface area contributed by atoms with E-state index >= 15 is 0 Å². The first kappa shape index (κ1) is 13.2. The summed E-state index contributed by atoms with van der Waals surface area (Å²) in [6.07, 6.45) is 7.41. The van der Waals surface area contributed by atoms with Crippen LogP contribution in [-0.4, -0.2) is 23.4 Å². The second-order valence-corrected chi connectivity index (χ2v) is 5.94. The van der Waals surface area contributed by atoms with Gasteiger partial charge in [-0.1, -0.05) is 12.8 Å². The van der Waals surface area contributed by atoms with Crippen LogP contribution in [0.5, 0.6) is 0 Å². The normalized spacial score (nSPS) is 25.6. The quantitative estimate of drug-likeness (QED) is 0.784. The van der Waals surface area contributed by atoms with Crippen LogP contribution in [0.2, 0.25) is 0 Å². The molecule has 1 heterocycles. The molecule has 0 bridgehead atoms. The summed E-state index contributed by atoms with van der Waals surface area (Å²) in [4.78, 5) is 14.8. The third-order valence-corrected chi connectivity index (χ3v) is 4.77. The third kappa shape index (κ3) is 2.43. The van der Waals surface area contributed by atoms with Gasteiger partial charge in [0.25, 0.3) is 5.91 Å². The highest BCUT2D eigenvalue weighted by atomic mass is 16.2. The first-order chi connectivity index (χ1) is 9.79. The minimum absolute atomic E-state index is 0.145. The maximum atomic E-state index is 12.7. The number of amides is 1. The van der Waals surface area contributed by atoms with Gasteiger partial charge in [-0.3, -0.25) is 4.79 Å². The molecule has 2 aliphatic rings. The number of rotatable bonds is 1. The monoisotopic (exact) mass is 268 g/mol. The molecule has 3 nitrogen and oxygen atoms in total. The number of likely N-dealkylation sites (tertiary alicyclic amines) is 1. The molecule has 3 heteroatoms. The van der Waals surface area contributed by atoms with Gasteiger partial charge in [0.1, 0.15) is 0 Å². The number of piperidine rings is 1. The number of fused-ring (bicyclic) bond motifs is 1. The van der Waals surface area contributed by atoms with Gasteiger partial charge in [-0.25, -0.2) is 0 Å². The van der Waals surface area contributed by atoms with Crippen molar-refractivity contribution < 1.29 is 4.79 Å². The molecule has 2 atom stereocenters. The first-order valence-corrected chi connectivity index (χ1v) is 7.61. The van der Waals surface area contributed by atoms with E-state index in [1.165, 1.54) is 25.7 Å². The molecule has 2 unspecified atom stereocenters. The molecule has 1 aliphatic heterocycles. The number of carbonyl (C=O) groups is 1. The molecular weight excluding hydrogens is 248 g/mol. The molecule has 1 aromatic carbocycles. The summed E-state index contributed by atoms with van der Waals surface area (Å²) in [6, 6.07) is 9.57. The lowest BCUT2D eigenvalue weighted by molar-refractivity contribution is 0.0390. The Bertz CT molecular complexity index is 527. The Balaban J connectivity index is 1.79. The lowest BCUT2D eigenvalue weighted by atomic mass is 9.78. The molecule has 3 rings (SSSR count). The summed E-state index contributed by atoms with van der Waals surface area (Å²) in [5.74, 6) is 0.853. The molecule has 104 valence electrons. The van der Waals surface area contributed by atoms with Crippen LogP contribution in [0.1, 0.15) is 54.4 Å². The second-order valence-electron chi connectivity index (χ2n) is 5.94. The van der Waals surface area contributed by atoms with Gasteiger partial charge in [0.05, 0.1) is 11.6 Å². The van der Waals surface area contributed by atoms with Crippen molar-refractivity contribution in [3.8, 4) is 6.07 Å². The highest BCUT2D eigenvalue weighted by Gasteiger charge is 2.35. The van der Waals surface area contributed by atoms with Crippen molar-refractivity contribution in [3.63, 3.8) is 0 Å². The number of nitrogens with zero attached hydrogens (tertiary/aromatic N) is 2. The summed E-state index contributed by atoms with van der Waals surface area (Å²) in [7, 11) is 0. The van der Waals surface area contributed by atoms with E-state index in [0.29, 0.717) is 17.5 Å². The van der Waals surface area contributed by atoms with Gasteiger partial charge >= 0.3 is 0 Å². The first-order valence-electron chi connectivity index (χ1n) is 7.61. The summed E-state index contributed by atoms with van der Waals surface area (Å²) < 4.78 is 0. The van der Waals surface area contributed by atoms with Gasteiger partial charge in [-0.05, 0) is 55.9 Å². The SMILES string of the molecule is N#Cc1ccc(C(=O)N2CCCC3CCCCC32)cc1. The lowest BCUT2D eigenvalue weighted by Gasteiger charge is -2.44. The van der Waals surface area contributed by atoms with Crippen LogP contribution in [0.3, 0.4) is 0 Å². The van der Waals surface area contributed by atoms with Gasteiger partial charge < -0.3 is 4.90 Å². The Labute approximate surface area is 120 Å². The van der Waals surface area contributed by atoms with Crippen molar-refractivity contribution in [2.75, 3.05) is 6.54 Å². The number of hydrogen-bond donors (Lipinski definition) is 0. The van der Waals surface area contributed by atoms with E-state index < -0.39 is 0 Å². The Morgan fingerprint density at radius 1 is 1.10 bits per heavy atom. The van der Waals surface area contributed by atoms with Gasteiger partial charge in [-0.15, -0.1) is 0 Å². The van der Waals surface area contributed by atoms with E-state index in [9.17, 15) is 4.79 Å². The van der Waals surface area contributed by atoms with Crippen LogP contribution in [0.15, 0.2) is 24.3 Å². The Hall–Kier alpha value is -1.82. The fraction of sp³-hybridized carbons (Fsp3) is 0.529. The largest absolute Gasteiger partial charge is 0.335 e. The Morgan fingerprint density at radius 2 is 1.80 bits per heavy atom. The van der Waals surface area contributed by atoms with Crippen molar-refractivity contribution in [1.82, 2.24) is 4.90 Å². The number of carbonyl (C=O) groups excluding carboxylic acids is 1. The van der Waals surface area contributed by atoms with Gasteiger partial charge in [0.15, 0.2) is 0 Å². The van der Waals surface area contributed by atoms with Crippen LogP contribution < -0.4 is 0 Å². The molecule has 0 radical (unpaired) electrons. The molecule has 2 fully saturated rings. The highest BCUT2D eigenvalue weighted by Crippen LogP contribution is 2.35. The molecule has 1 amide bonds. The van der Waals surface area contributed by atoms with Crippen LogP contribution in [0, 0.1) is 17.2 Å². The van der Waals surface area contributed by atoms with E-state index in [4.69, 9.17) is 5.26 Å². The van der Waals surface area contributed by atoms with Crippen LogP contribution in [-0.2, 0) is 0 Å². The number of hydrogen-bond acceptors (Lipinski definition) is 2. The average Bonchev–Trinajstić information content (AvgIpc) is 2.54. The highest BCUT2D eigenvalue weighted by molar-refractivity contribution is 5.94. The number of benzene rings is 1. The maximum Gasteiger partial charge on any atom is 0.254 e. The standard InChI is InChI=1S/C17H20N2O/c18-12-13-7-9-15(10-8-13)17(20)19-11-3-5-14-4-1-2-6-16(14)19/h7-10,14,16H,1-6,11H2. The molecular formula is C17H20N2O. The fourth-order valence-corrected chi connectivity index (χ4v) is 3.73. The topological polar surface area (TPSA) is 44.1 Å². The minimum atomic E-state index is 0.145. The van der Waals surface area contributed by atoms with Crippen molar-refractivity contribution in [2.45, 2.75) is 44.6 Å². The number of nitriles is 1. The molecule has 20 heavy (non-hydrogen) atoms. The van der Waals surface area contributed by atoms with E-state index in [0.717, 1.165) is 24.9 Å². The summed E-state index contributed by atoms with van der Waals surface area (Å²) >= 11 is 0. The van der Waals surface area contributed by atoms with Crippen LogP contribution >= 0.6 is 0 Å². The smallest absolute Gasteiger partial charge is 0.254 e. The predicted octanol–water partition coefficient (Wildman–Crippen LogP) is 3.35. The lowest BCUT2D eigenvalue weighted by Crippen LogP contribution is -2.49. The summed E-state index contributed by atoms with van der Waals surface area (Å²) in [5.41, 5.74) is 1.32. The zero-order valence-electron chi connectivity index (χ0n) is 11.7. The Kier molecular flexibility index (Phi) is 3.73. The van der Waals surface area contributed by atoms with Crippen molar-refractivity contribution in [2.24, 2.45) is 5.92 Å². The van der Waals surface area contributed by atoms with Crippen LogP contribution in [0.4, 0.5) is 0 Å². The molecule has 0 N–H and O–H groups in total. The maximum absolute atomic E-state index is 12.7. The minimum Gasteiger partial charge on any atom is -0.335 e. The average molecular weight is 268 g/mol. The van der Waals surface area contributed by atoms with Crippen molar-refractivity contribution >= 4 is 5.91 Å². The van der Waals surface area contributed by atoms with Gasteiger partial charge in [0, 0.05) is 18.2 Å². The van der Waals surface area contributed by atoms with E-state index in [-0.39, 0.29) is 5.91 Å².